The summed E-state index contributed by atoms with van der Waals surface area (Å²) in [4.78, 5) is 20.4. The molecule has 0 saturated carbocycles. The molecule has 0 radical (unpaired) electrons. The van der Waals surface area contributed by atoms with Crippen molar-refractivity contribution >= 4 is 40.7 Å². The van der Waals surface area contributed by atoms with Gasteiger partial charge in [-0.15, -0.1) is 0 Å². The number of hydrogen-bond donors (Lipinski definition) is 2. The van der Waals surface area contributed by atoms with Gasteiger partial charge in [-0.25, -0.2) is 0 Å². The van der Waals surface area contributed by atoms with Crippen LogP contribution in [0.25, 0.3) is 0 Å². The van der Waals surface area contributed by atoms with E-state index in [4.69, 9.17) is 16.6 Å². The summed E-state index contributed by atoms with van der Waals surface area (Å²) in [5, 5.41) is 7.55. The number of para-hydroxylation sites is 1. The van der Waals surface area contributed by atoms with E-state index in [1.54, 1.807) is 18.0 Å². The van der Waals surface area contributed by atoms with Gasteiger partial charge in [-0.2, -0.15) is 0 Å². The van der Waals surface area contributed by atoms with Gasteiger partial charge in [0.2, 0.25) is 5.91 Å². The molecule has 0 spiro atoms. The number of amides is 1. The number of hydrogen-bond acceptors (Lipinski definition) is 5. The van der Waals surface area contributed by atoms with Crippen LogP contribution in [0.15, 0.2) is 106 Å². The lowest BCUT2D eigenvalue weighted by molar-refractivity contribution is -0.116. The van der Waals surface area contributed by atoms with Crippen LogP contribution in [0, 0.1) is 6.92 Å². The molecular formula is C27H24N4O2S2. The van der Waals surface area contributed by atoms with Crippen molar-refractivity contribution in [1.29, 1.82) is 0 Å². The van der Waals surface area contributed by atoms with Crippen LogP contribution in [0.3, 0.4) is 0 Å². The highest BCUT2D eigenvalue weighted by Crippen LogP contribution is 2.41. The number of nitrogens with zero attached hydrogens (tertiary/aromatic N) is 2. The number of thiocarbonyl (C=S) groups is 1. The Kier molecular flexibility index (Phi) is 6.83. The van der Waals surface area contributed by atoms with Crippen molar-refractivity contribution in [1.82, 2.24) is 15.2 Å². The smallest absolute Gasteiger partial charge is 0.244 e. The lowest BCUT2D eigenvalue weighted by Crippen LogP contribution is -2.36. The summed E-state index contributed by atoms with van der Waals surface area (Å²) in [5.41, 5.74) is 2.78. The Morgan fingerprint density at radius 3 is 2.57 bits per heavy atom. The Hall–Kier alpha value is -3.62. The van der Waals surface area contributed by atoms with E-state index >= 15 is 0 Å². The molecule has 1 aliphatic rings. The first-order valence-electron chi connectivity index (χ1n) is 11.2. The fourth-order valence-electron chi connectivity index (χ4n) is 4.03. The third-order valence-electron chi connectivity index (χ3n) is 5.70. The topological polar surface area (TPSA) is 70.4 Å². The minimum absolute atomic E-state index is 0.0792. The van der Waals surface area contributed by atoms with E-state index in [-0.39, 0.29) is 24.5 Å². The summed E-state index contributed by atoms with van der Waals surface area (Å²) in [5.74, 6) is 0.558. The Balaban J connectivity index is 1.41. The van der Waals surface area contributed by atoms with Crippen LogP contribution in [0.4, 0.5) is 5.69 Å². The molecule has 1 aliphatic heterocycles. The molecule has 1 saturated heterocycles. The molecule has 3 heterocycles. The van der Waals surface area contributed by atoms with Crippen LogP contribution < -0.4 is 10.6 Å². The van der Waals surface area contributed by atoms with Gasteiger partial charge in [-0.3, -0.25) is 9.78 Å². The first kappa shape index (κ1) is 23.1. The van der Waals surface area contributed by atoms with Crippen molar-refractivity contribution in [2.24, 2.45) is 0 Å². The SMILES string of the molecule is Cc1ccc(Sc2ccc([C@H]3[C@H](c4ccccn4)NC(=S)N3CC(=O)Nc3ccccc3)o2)cc1. The Labute approximate surface area is 213 Å². The molecular weight excluding hydrogens is 476 g/mol. The molecule has 2 N–H and O–H groups in total. The number of benzene rings is 2. The quantitative estimate of drug-likeness (QED) is 0.313. The summed E-state index contributed by atoms with van der Waals surface area (Å²) in [6.45, 7) is 2.14. The zero-order valence-electron chi connectivity index (χ0n) is 19.0. The molecule has 0 bridgehead atoms. The molecule has 176 valence electrons. The van der Waals surface area contributed by atoms with Crippen molar-refractivity contribution in [2.45, 2.75) is 29.0 Å². The highest BCUT2D eigenvalue weighted by Gasteiger charge is 2.42. The second-order valence-corrected chi connectivity index (χ2v) is 9.71. The second-order valence-electron chi connectivity index (χ2n) is 8.24. The van der Waals surface area contributed by atoms with E-state index in [1.807, 2.05) is 65.6 Å². The van der Waals surface area contributed by atoms with Crippen LogP contribution in [0.2, 0.25) is 0 Å². The van der Waals surface area contributed by atoms with Gasteiger partial charge in [0.25, 0.3) is 0 Å². The van der Waals surface area contributed by atoms with Gasteiger partial charge in [-0.05, 0) is 67.7 Å². The van der Waals surface area contributed by atoms with Gasteiger partial charge >= 0.3 is 0 Å². The lowest BCUT2D eigenvalue weighted by Gasteiger charge is -2.25. The average Bonchev–Trinajstić information content (AvgIpc) is 3.46. The zero-order chi connectivity index (χ0) is 24.2. The van der Waals surface area contributed by atoms with Crippen LogP contribution in [-0.4, -0.2) is 27.4 Å². The van der Waals surface area contributed by atoms with Crippen molar-refractivity contribution in [3.8, 4) is 0 Å². The molecule has 2 aromatic carbocycles. The Morgan fingerprint density at radius 2 is 1.83 bits per heavy atom. The van der Waals surface area contributed by atoms with Crippen LogP contribution >= 0.6 is 24.0 Å². The first-order valence-corrected chi connectivity index (χ1v) is 12.5. The third-order valence-corrected chi connectivity index (χ3v) is 6.98. The summed E-state index contributed by atoms with van der Waals surface area (Å²) in [7, 11) is 0. The summed E-state index contributed by atoms with van der Waals surface area (Å²) >= 11 is 7.22. The van der Waals surface area contributed by atoms with Gasteiger partial charge in [0, 0.05) is 16.8 Å². The normalized spacial score (nSPS) is 17.3. The second kappa shape index (κ2) is 10.3. The molecule has 6 nitrogen and oxygen atoms in total. The number of nitrogens with one attached hydrogen (secondary N) is 2. The van der Waals surface area contributed by atoms with Gasteiger partial charge in [-0.1, -0.05) is 53.7 Å². The number of rotatable bonds is 7. The number of aromatic nitrogens is 1. The van der Waals surface area contributed by atoms with E-state index < -0.39 is 0 Å². The fourth-order valence-corrected chi connectivity index (χ4v) is 5.12. The predicted molar refractivity (Wildman–Crippen MR) is 141 cm³/mol. The highest BCUT2D eigenvalue weighted by molar-refractivity contribution is 7.99. The molecule has 2 aromatic heterocycles. The number of furan rings is 1. The third kappa shape index (κ3) is 5.39. The highest BCUT2D eigenvalue weighted by atomic mass is 32.2. The predicted octanol–water partition coefficient (Wildman–Crippen LogP) is 5.75. The molecule has 1 fully saturated rings. The van der Waals surface area contributed by atoms with E-state index in [9.17, 15) is 4.79 Å². The molecule has 35 heavy (non-hydrogen) atoms. The van der Waals surface area contributed by atoms with E-state index in [0.29, 0.717) is 5.11 Å². The van der Waals surface area contributed by atoms with E-state index in [2.05, 4.69) is 46.8 Å². The van der Waals surface area contributed by atoms with E-state index in [0.717, 1.165) is 27.1 Å². The summed E-state index contributed by atoms with van der Waals surface area (Å²) in [6.07, 6.45) is 1.75. The Morgan fingerprint density at radius 1 is 1.06 bits per heavy atom. The zero-order valence-corrected chi connectivity index (χ0v) is 20.7. The Bertz CT molecular complexity index is 1310. The standard InChI is InChI=1S/C27H24N4O2S2/c1-18-10-12-20(13-11-18)35-24-15-14-22(33-24)26-25(21-9-5-6-16-28-21)30-27(34)31(26)17-23(32)29-19-7-3-2-4-8-19/h2-16,25-26H,17H2,1H3,(H,29,32)(H,30,34)/t25-,26-/m0/s1. The maximum atomic E-state index is 12.9. The molecule has 1 amide bonds. The molecule has 2 atom stereocenters. The summed E-state index contributed by atoms with van der Waals surface area (Å²) < 4.78 is 6.29. The largest absolute Gasteiger partial charge is 0.452 e. The number of carbonyl (C=O) groups is 1. The van der Waals surface area contributed by atoms with Crippen molar-refractivity contribution in [3.63, 3.8) is 0 Å². The van der Waals surface area contributed by atoms with Gasteiger partial charge < -0.3 is 20.0 Å². The number of aryl methyl sites for hydroxylation is 1. The van der Waals surface area contributed by atoms with Crippen LogP contribution in [0.5, 0.6) is 0 Å². The average molecular weight is 501 g/mol. The maximum Gasteiger partial charge on any atom is 0.244 e. The van der Waals surface area contributed by atoms with Gasteiger partial charge in [0.1, 0.15) is 18.3 Å². The van der Waals surface area contributed by atoms with E-state index in [1.165, 1.54) is 5.56 Å². The molecule has 0 aliphatic carbocycles. The number of carbonyl (C=O) groups excluding carboxylic acids is 1. The van der Waals surface area contributed by atoms with Crippen LogP contribution in [0.1, 0.15) is 29.1 Å². The molecule has 4 aromatic rings. The minimum atomic E-state index is -0.328. The van der Waals surface area contributed by atoms with Crippen molar-refractivity contribution < 1.29 is 9.21 Å². The first-order chi connectivity index (χ1) is 17.1. The lowest BCUT2D eigenvalue weighted by atomic mass is 10.0. The van der Waals surface area contributed by atoms with Crippen molar-refractivity contribution in [3.05, 3.63) is 108 Å². The monoisotopic (exact) mass is 500 g/mol. The van der Waals surface area contributed by atoms with Crippen LogP contribution in [-0.2, 0) is 4.79 Å². The molecule has 8 heteroatoms. The fraction of sp³-hybridized carbons (Fsp3) is 0.148. The van der Waals surface area contributed by atoms with Gasteiger partial charge in [0.05, 0.1) is 11.7 Å². The number of pyridine rings is 1. The summed E-state index contributed by atoms with van der Waals surface area (Å²) in [6, 6.07) is 26.8. The van der Waals surface area contributed by atoms with Gasteiger partial charge in [0.15, 0.2) is 10.2 Å². The minimum Gasteiger partial charge on any atom is -0.452 e. The number of anilines is 1. The van der Waals surface area contributed by atoms with Crippen molar-refractivity contribution in [2.75, 3.05) is 11.9 Å². The molecule has 5 rings (SSSR count). The molecule has 0 unspecified atom stereocenters. The maximum absolute atomic E-state index is 12.9.